The van der Waals surface area contributed by atoms with Crippen LogP contribution in [-0.4, -0.2) is 66.0 Å². The minimum Gasteiger partial charge on any atom is -0.469 e. The van der Waals surface area contributed by atoms with Crippen molar-refractivity contribution in [2.24, 2.45) is 0 Å². The SMILES string of the molecule is COC(=O)/C=C/c1cncc(-c2nc(NCc3ccccn3)c3c(-c4ccccc4)cccc3n2)c1.COC(=O)CCc1cncc(-c2nc(NCc3ccccn3)c3c(-c4ccccc4)cccc3n2)c1. The number of rotatable bonds is 15. The topological polar surface area (TPSA) is 180 Å². The lowest BCUT2D eigenvalue weighted by Gasteiger charge is -2.14. The number of esters is 2. The predicted molar refractivity (Wildman–Crippen MR) is 281 cm³/mol. The van der Waals surface area contributed by atoms with E-state index >= 15 is 0 Å². The molecular weight excluding hydrogens is 901 g/mol. The van der Waals surface area contributed by atoms with Gasteiger partial charge in [-0.2, -0.15) is 0 Å². The number of aryl methyl sites for hydroxylation is 1. The number of methoxy groups -OCH3 is 2. The Kier molecular flexibility index (Phi) is 15.3. The minimum atomic E-state index is -0.434. The highest BCUT2D eigenvalue weighted by Crippen LogP contribution is 2.36. The summed E-state index contributed by atoms with van der Waals surface area (Å²) in [6.07, 6.45) is 14.2. The summed E-state index contributed by atoms with van der Waals surface area (Å²) in [4.78, 5) is 60.3. The molecule has 0 fully saturated rings. The van der Waals surface area contributed by atoms with Crippen LogP contribution in [0.5, 0.6) is 0 Å². The Morgan fingerprint density at radius 1 is 0.528 bits per heavy atom. The fraction of sp³-hybridized carbons (Fsp3) is 0.103. The Hall–Kier alpha value is -9.56. The lowest BCUT2D eigenvalue weighted by Crippen LogP contribution is -2.06. The van der Waals surface area contributed by atoms with E-state index in [2.05, 4.69) is 71.7 Å². The molecule has 0 aliphatic carbocycles. The van der Waals surface area contributed by atoms with Crippen LogP contribution in [0.15, 0.2) is 189 Å². The van der Waals surface area contributed by atoms with Crippen molar-refractivity contribution in [2.75, 3.05) is 24.9 Å². The second-order valence-corrected chi connectivity index (χ2v) is 16.3. The van der Waals surface area contributed by atoms with Gasteiger partial charge in [0.1, 0.15) is 11.6 Å². The van der Waals surface area contributed by atoms with E-state index in [1.807, 2.05) is 109 Å². The second-order valence-electron chi connectivity index (χ2n) is 16.3. The van der Waals surface area contributed by atoms with Gasteiger partial charge in [0.2, 0.25) is 0 Å². The molecule has 0 spiro atoms. The zero-order chi connectivity index (χ0) is 49.5. The van der Waals surface area contributed by atoms with Crippen LogP contribution in [0.1, 0.15) is 28.9 Å². The van der Waals surface area contributed by atoms with Crippen LogP contribution in [0.4, 0.5) is 11.6 Å². The molecule has 354 valence electrons. The van der Waals surface area contributed by atoms with Gasteiger partial charge in [-0.25, -0.2) is 24.7 Å². The molecule has 6 heterocycles. The van der Waals surface area contributed by atoms with E-state index < -0.39 is 5.97 Å². The number of carbonyl (C=O) groups excluding carboxylic acids is 2. The van der Waals surface area contributed by atoms with E-state index in [4.69, 9.17) is 24.7 Å². The lowest BCUT2D eigenvalue weighted by atomic mass is 10.0. The molecule has 0 saturated heterocycles. The molecule has 0 bridgehead atoms. The van der Waals surface area contributed by atoms with Gasteiger partial charge in [-0.3, -0.25) is 24.7 Å². The number of aromatic nitrogens is 8. The number of hydrogen-bond donors (Lipinski definition) is 2. The summed E-state index contributed by atoms with van der Waals surface area (Å²) in [5, 5.41) is 8.84. The van der Waals surface area contributed by atoms with Gasteiger partial charge in [-0.15, -0.1) is 0 Å². The maximum absolute atomic E-state index is 11.6. The fourth-order valence-corrected chi connectivity index (χ4v) is 7.95. The maximum Gasteiger partial charge on any atom is 0.330 e. The molecule has 0 aliphatic rings. The Morgan fingerprint density at radius 3 is 1.57 bits per heavy atom. The van der Waals surface area contributed by atoms with E-state index in [9.17, 15) is 9.59 Å². The largest absolute Gasteiger partial charge is 0.469 e. The highest BCUT2D eigenvalue weighted by atomic mass is 16.5. The van der Waals surface area contributed by atoms with Crippen LogP contribution in [-0.2, 0) is 38.6 Å². The molecule has 2 N–H and O–H groups in total. The standard InChI is InChI=1S/C29H25N5O2.C29H23N5O2/c2*1-36-26(35)14-13-20-16-22(18-30-17-20)28-33-25-12-7-11-24(21-8-3-2-4-9-21)27(25)29(34-28)32-19-23-10-5-6-15-31-23/h2-12,15-18H,13-14,19H2,1H3,(H,32,33,34);2-18H,19H2,1H3,(H,32,33,34)/b;14-13+. The van der Waals surface area contributed by atoms with E-state index in [1.165, 1.54) is 20.3 Å². The quantitative estimate of drug-likeness (QED) is 0.0732. The Balaban J connectivity index is 0.000000178. The molecular formula is C58H48N10O4. The highest BCUT2D eigenvalue weighted by Gasteiger charge is 2.17. The van der Waals surface area contributed by atoms with E-state index in [1.54, 1.807) is 43.3 Å². The molecule has 10 rings (SSSR count). The number of anilines is 2. The number of hydrogen-bond acceptors (Lipinski definition) is 14. The van der Waals surface area contributed by atoms with Crippen LogP contribution in [0, 0.1) is 0 Å². The van der Waals surface area contributed by atoms with E-state index in [0.29, 0.717) is 37.0 Å². The summed E-state index contributed by atoms with van der Waals surface area (Å²) in [5.74, 6) is 1.82. The van der Waals surface area contributed by atoms with Gasteiger partial charge in [0, 0.05) is 60.8 Å². The monoisotopic (exact) mass is 948 g/mol. The minimum absolute atomic E-state index is 0.253. The molecule has 14 nitrogen and oxygen atoms in total. The first kappa shape index (κ1) is 47.5. The summed E-state index contributed by atoms with van der Waals surface area (Å²) < 4.78 is 9.44. The van der Waals surface area contributed by atoms with Gasteiger partial charge in [0.25, 0.3) is 0 Å². The molecule has 0 amide bonds. The average molecular weight is 949 g/mol. The number of nitrogens with zero attached hydrogens (tertiary/aromatic N) is 8. The third-order valence-electron chi connectivity index (χ3n) is 11.5. The van der Waals surface area contributed by atoms with Gasteiger partial charge in [0.15, 0.2) is 11.6 Å². The molecule has 0 radical (unpaired) electrons. The molecule has 0 aliphatic heterocycles. The maximum atomic E-state index is 11.6. The Labute approximate surface area is 416 Å². The van der Waals surface area contributed by atoms with Crippen molar-refractivity contribution in [3.05, 3.63) is 211 Å². The van der Waals surface area contributed by atoms with Gasteiger partial charge in [0.05, 0.1) is 60.5 Å². The van der Waals surface area contributed by atoms with Crippen molar-refractivity contribution in [1.82, 2.24) is 39.9 Å². The normalized spacial score (nSPS) is 10.9. The van der Waals surface area contributed by atoms with E-state index in [-0.39, 0.29) is 12.4 Å². The zero-order valence-electron chi connectivity index (χ0n) is 39.5. The summed E-state index contributed by atoms with van der Waals surface area (Å²) in [6, 6.07) is 48.1. The van der Waals surface area contributed by atoms with Crippen molar-refractivity contribution in [3.8, 4) is 45.0 Å². The van der Waals surface area contributed by atoms with Crippen LogP contribution >= 0.6 is 0 Å². The Bertz CT molecular complexity index is 3490. The first-order chi connectivity index (χ1) is 35.4. The lowest BCUT2D eigenvalue weighted by molar-refractivity contribution is -0.140. The summed E-state index contributed by atoms with van der Waals surface area (Å²) in [6.45, 7) is 1.03. The first-order valence-electron chi connectivity index (χ1n) is 23.1. The number of fused-ring (bicyclic) bond motifs is 2. The van der Waals surface area contributed by atoms with Crippen molar-refractivity contribution in [2.45, 2.75) is 25.9 Å². The second kappa shape index (κ2) is 23.2. The first-order valence-corrected chi connectivity index (χ1v) is 23.1. The third kappa shape index (κ3) is 11.8. The average Bonchev–Trinajstić information content (AvgIpc) is 3.45. The van der Waals surface area contributed by atoms with Gasteiger partial charge >= 0.3 is 11.9 Å². The fourth-order valence-electron chi connectivity index (χ4n) is 7.95. The van der Waals surface area contributed by atoms with Gasteiger partial charge in [-0.1, -0.05) is 97.1 Å². The van der Waals surface area contributed by atoms with Gasteiger partial charge < -0.3 is 20.1 Å². The van der Waals surface area contributed by atoms with Crippen molar-refractivity contribution in [1.29, 1.82) is 0 Å². The van der Waals surface area contributed by atoms with Crippen LogP contribution in [0.3, 0.4) is 0 Å². The summed E-state index contributed by atoms with van der Waals surface area (Å²) >= 11 is 0. The van der Waals surface area contributed by atoms with Crippen LogP contribution in [0.25, 0.3) is 72.9 Å². The molecule has 72 heavy (non-hydrogen) atoms. The Morgan fingerprint density at radius 2 is 1.06 bits per heavy atom. The van der Waals surface area contributed by atoms with Crippen LogP contribution < -0.4 is 10.6 Å². The number of nitrogens with one attached hydrogen (secondary N) is 2. The third-order valence-corrected chi connectivity index (χ3v) is 11.5. The van der Waals surface area contributed by atoms with Crippen molar-refractivity contribution >= 4 is 51.5 Å². The molecule has 14 heteroatoms. The van der Waals surface area contributed by atoms with E-state index in [0.717, 1.165) is 83.5 Å². The number of pyridine rings is 4. The molecule has 4 aromatic carbocycles. The molecule has 0 unspecified atom stereocenters. The zero-order valence-corrected chi connectivity index (χ0v) is 39.5. The number of ether oxygens (including phenoxy) is 2. The molecule has 10 aromatic rings. The highest BCUT2D eigenvalue weighted by molar-refractivity contribution is 6.03. The number of benzene rings is 4. The van der Waals surface area contributed by atoms with Crippen molar-refractivity contribution < 1.29 is 19.1 Å². The molecule has 0 atom stereocenters. The summed E-state index contributed by atoms with van der Waals surface area (Å²) in [7, 11) is 2.73. The van der Waals surface area contributed by atoms with Gasteiger partial charge in [-0.05, 0) is 94.4 Å². The molecule has 6 aromatic heterocycles. The van der Waals surface area contributed by atoms with Crippen molar-refractivity contribution in [3.63, 3.8) is 0 Å². The summed E-state index contributed by atoms with van der Waals surface area (Å²) in [5.41, 5.74) is 10.9. The van der Waals surface area contributed by atoms with Crippen LogP contribution in [0.2, 0.25) is 0 Å². The predicted octanol–water partition coefficient (Wildman–Crippen LogP) is 11.0. The number of carbonyl (C=O) groups is 2. The molecule has 0 saturated carbocycles. The smallest absolute Gasteiger partial charge is 0.330 e.